The third-order valence-corrected chi connectivity index (χ3v) is 4.03. The van der Waals surface area contributed by atoms with E-state index in [1.54, 1.807) is 43.3 Å². The predicted molar refractivity (Wildman–Crippen MR) is 90.1 cm³/mol. The molecule has 128 valence electrons. The number of para-hydroxylation sites is 2. The molecule has 0 fully saturated rings. The first-order valence-electron chi connectivity index (χ1n) is 7.88. The van der Waals surface area contributed by atoms with Gasteiger partial charge < -0.3 is 19.5 Å². The Bertz CT molecular complexity index is 851. The van der Waals surface area contributed by atoms with Gasteiger partial charge >= 0.3 is 0 Å². The van der Waals surface area contributed by atoms with Crippen molar-refractivity contribution in [3.05, 3.63) is 42.5 Å². The normalized spacial score (nSPS) is 17.7. The summed E-state index contributed by atoms with van der Waals surface area (Å²) in [6.07, 6.45) is -0.631. The second-order valence-electron chi connectivity index (χ2n) is 5.77. The number of hydrogen-bond donors (Lipinski definition) is 1. The summed E-state index contributed by atoms with van der Waals surface area (Å²) in [5, 5.41) is 2.78. The van der Waals surface area contributed by atoms with E-state index >= 15 is 0 Å². The Hall–Kier alpha value is -3.22. The number of amides is 2. The molecule has 1 atom stereocenters. The van der Waals surface area contributed by atoms with E-state index in [0.29, 0.717) is 28.6 Å². The lowest BCUT2D eigenvalue weighted by Gasteiger charge is -2.32. The molecule has 0 spiro atoms. The maximum atomic E-state index is 12.4. The van der Waals surface area contributed by atoms with Gasteiger partial charge in [-0.1, -0.05) is 12.1 Å². The van der Waals surface area contributed by atoms with Crippen LogP contribution in [0.15, 0.2) is 42.5 Å². The number of hydrogen-bond acceptors (Lipinski definition) is 5. The van der Waals surface area contributed by atoms with Crippen molar-refractivity contribution in [2.45, 2.75) is 13.0 Å². The first-order valence-corrected chi connectivity index (χ1v) is 7.88. The molecule has 0 saturated carbocycles. The summed E-state index contributed by atoms with van der Waals surface area (Å²) >= 11 is 0. The first kappa shape index (κ1) is 15.3. The zero-order chi connectivity index (χ0) is 17.4. The highest BCUT2D eigenvalue weighted by Crippen LogP contribution is 2.35. The summed E-state index contributed by atoms with van der Waals surface area (Å²) in [5.74, 6) is 1.25. The number of carbonyl (C=O) groups is 2. The lowest BCUT2D eigenvalue weighted by molar-refractivity contribution is -0.127. The largest absolute Gasteiger partial charge is 0.479 e. The van der Waals surface area contributed by atoms with Crippen LogP contribution in [-0.2, 0) is 9.59 Å². The van der Waals surface area contributed by atoms with Crippen molar-refractivity contribution in [2.24, 2.45) is 0 Å². The van der Waals surface area contributed by atoms with Crippen LogP contribution in [0.1, 0.15) is 6.92 Å². The molecular weight excluding hydrogens is 324 g/mol. The maximum Gasteiger partial charge on any atom is 0.268 e. The molecule has 25 heavy (non-hydrogen) atoms. The van der Waals surface area contributed by atoms with Crippen molar-refractivity contribution in [1.29, 1.82) is 0 Å². The van der Waals surface area contributed by atoms with Crippen molar-refractivity contribution in [3.8, 4) is 17.2 Å². The monoisotopic (exact) mass is 340 g/mol. The minimum atomic E-state index is -0.631. The van der Waals surface area contributed by atoms with Crippen LogP contribution in [0.3, 0.4) is 0 Å². The molecule has 2 amide bonds. The van der Waals surface area contributed by atoms with Crippen LogP contribution in [0.4, 0.5) is 11.4 Å². The molecule has 0 aromatic heterocycles. The Kier molecular flexibility index (Phi) is 3.68. The lowest BCUT2D eigenvalue weighted by Crippen LogP contribution is -2.47. The fourth-order valence-corrected chi connectivity index (χ4v) is 2.84. The van der Waals surface area contributed by atoms with Crippen molar-refractivity contribution in [1.82, 2.24) is 0 Å². The maximum absolute atomic E-state index is 12.4. The molecule has 7 nitrogen and oxygen atoms in total. The summed E-state index contributed by atoms with van der Waals surface area (Å²) in [6.45, 7) is 1.74. The second kappa shape index (κ2) is 6.01. The standard InChI is InChI=1S/C18H16N2O5/c1-11-18(22)20(13-4-2-3-5-14(13)25-11)9-17(21)19-12-6-7-15-16(8-12)24-10-23-15/h2-8,11H,9-10H2,1H3,(H,19,21)/t11-/m0/s1. The molecule has 2 aromatic carbocycles. The molecule has 0 radical (unpaired) electrons. The molecule has 0 saturated heterocycles. The van der Waals surface area contributed by atoms with E-state index in [1.165, 1.54) is 4.90 Å². The summed E-state index contributed by atoms with van der Waals surface area (Å²) < 4.78 is 16.1. The number of rotatable bonds is 3. The Balaban J connectivity index is 1.51. The van der Waals surface area contributed by atoms with E-state index in [4.69, 9.17) is 14.2 Å². The Labute approximate surface area is 144 Å². The van der Waals surface area contributed by atoms with Crippen LogP contribution in [0.5, 0.6) is 17.2 Å². The van der Waals surface area contributed by atoms with Crippen LogP contribution in [0, 0.1) is 0 Å². The van der Waals surface area contributed by atoms with E-state index < -0.39 is 6.10 Å². The molecule has 2 aliphatic rings. The topological polar surface area (TPSA) is 77.1 Å². The smallest absolute Gasteiger partial charge is 0.268 e. The predicted octanol–water partition coefficient (Wildman–Crippen LogP) is 2.17. The van der Waals surface area contributed by atoms with Gasteiger partial charge in [0.2, 0.25) is 12.7 Å². The number of nitrogens with zero attached hydrogens (tertiary/aromatic N) is 1. The highest BCUT2D eigenvalue weighted by Gasteiger charge is 2.32. The van der Waals surface area contributed by atoms with E-state index in [2.05, 4.69) is 5.32 Å². The van der Waals surface area contributed by atoms with Crippen molar-refractivity contribution >= 4 is 23.2 Å². The van der Waals surface area contributed by atoms with E-state index in [-0.39, 0.29) is 25.2 Å². The molecule has 2 heterocycles. The Morgan fingerprint density at radius 2 is 1.96 bits per heavy atom. The minimum absolute atomic E-state index is 0.0992. The molecule has 0 bridgehead atoms. The van der Waals surface area contributed by atoms with Gasteiger partial charge in [0, 0.05) is 11.8 Å². The Morgan fingerprint density at radius 3 is 2.84 bits per heavy atom. The average molecular weight is 340 g/mol. The fourth-order valence-electron chi connectivity index (χ4n) is 2.84. The van der Waals surface area contributed by atoms with Crippen LogP contribution in [-0.4, -0.2) is 31.3 Å². The van der Waals surface area contributed by atoms with Gasteiger partial charge in [-0.2, -0.15) is 0 Å². The number of ether oxygens (including phenoxy) is 3. The second-order valence-corrected chi connectivity index (χ2v) is 5.77. The lowest BCUT2D eigenvalue weighted by atomic mass is 10.2. The molecule has 0 aliphatic carbocycles. The van der Waals surface area contributed by atoms with Crippen LogP contribution in [0.2, 0.25) is 0 Å². The third-order valence-electron chi connectivity index (χ3n) is 4.03. The van der Waals surface area contributed by atoms with Crippen molar-refractivity contribution in [3.63, 3.8) is 0 Å². The van der Waals surface area contributed by atoms with Crippen molar-refractivity contribution < 1.29 is 23.8 Å². The SMILES string of the molecule is C[C@@H]1Oc2ccccc2N(CC(=O)Nc2ccc3c(c2)OCO3)C1=O. The summed E-state index contributed by atoms with van der Waals surface area (Å²) in [5.41, 5.74) is 1.17. The third kappa shape index (κ3) is 2.84. The van der Waals surface area contributed by atoms with Crippen LogP contribution >= 0.6 is 0 Å². The summed E-state index contributed by atoms with van der Waals surface area (Å²) in [6, 6.07) is 12.3. The first-order chi connectivity index (χ1) is 12.1. The zero-order valence-corrected chi connectivity index (χ0v) is 13.5. The number of nitrogens with one attached hydrogen (secondary N) is 1. The van der Waals surface area contributed by atoms with Crippen LogP contribution in [0.25, 0.3) is 0 Å². The van der Waals surface area contributed by atoms with E-state index in [9.17, 15) is 9.59 Å². The van der Waals surface area contributed by atoms with Gasteiger partial charge in [0.05, 0.1) is 5.69 Å². The van der Waals surface area contributed by atoms with Gasteiger partial charge in [0.15, 0.2) is 17.6 Å². The van der Waals surface area contributed by atoms with E-state index in [0.717, 1.165) is 0 Å². The van der Waals surface area contributed by atoms with Gasteiger partial charge in [-0.15, -0.1) is 0 Å². The van der Waals surface area contributed by atoms with Crippen molar-refractivity contribution in [2.75, 3.05) is 23.6 Å². The molecule has 2 aromatic rings. The zero-order valence-electron chi connectivity index (χ0n) is 13.5. The molecule has 7 heteroatoms. The summed E-state index contributed by atoms with van der Waals surface area (Å²) in [7, 11) is 0. The number of fused-ring (bicyclic) bond motifs is 2. The molecule has 0 unspecified atom stereocenters. The number of benzene rings is 2. The number of anilines is 2. The summed E-state index contributed by atoms with van der Waals surface area (Å²) in [4.78, 5) is 26.3. The fraction of sp³-hybridized carbons (Fsp3) is 0.222. The highest BCUT2D eigenvalue weighted by atomic mass is 16.7. The van der Waals surface area contributed by atoms with Gasteiger partial charge in [0.1, 0.15) is 12.3 Å². The minimum Gasteiger partial charge on any atom is -0.479 e. The van der Waals surface area contributed by atoms with Crippen LogP contribution < -0.4 is 24.4 Å². The van der Waals surface area contributed by atoms with E-state index in [1.807, 2.05) is 6.07 Å². The van der Waals surface area contributed by atoms with Gasteiger partial charge in [-0.05, 0) is 31.2 Å². The Morgan fingerprint density at radius 1 is 1.16 bits per heavy atom. The quantitative estimate of drug-likeness (QED) is 0.927. The number of carbonyl (C=O) groups excluding carboxylic acids is 2. The van der Waals surface area contributed by atoms with Gasteiger partial charge in [-0.25, -0.2) is 0 Å². The van der Waals surface area contributed by atoms with Gasteiger partial charge in [0.25, 0.3) is 5.91 Å². The molecule has 4 rings (SSSR count). The van der Waals surface area contributed by atoms with Gasteiger partial charge in [-0.3, -0.25) is 14.5 Å². The molecule has 2 aliphatic heterocycles. The molecular formula is C18H16N2O5. The molecule has 1 N–H and O–H groups in total. The average Bonchev–Trinajstić information content (AvgIpc) is 3.06. The highest BCUT2D eigenvalue weighted by molar-refractivity contribution is 6.06.